The Morgan fingerprint density at radius 3 is 2.70 bits per heavy atom. The van der Waals surface area contributed by atoms with Crippen LogP contribution in [0.1, 0.15) is 42.1 Å². The molecule has 0 radical (unpaired) electrons. The number of ether oxygens (including phenoxy) is 2. The minimum atomic E-state index is -0.924. The molecular weight excluding hydrogens is 500 g/mol. The van der Waals surface area contributed by atoms with Gasteiger partial charge in [0.25, 0.3) is 5.91 Å². The monoisotopic (exact) mass is 528 g/mol. The Labute approximate surface area is 219 Å². The quantitative estimate of drug-likeness (QED) is 0.351. The third-order valence-electron chi connectivity index (χ3n) is 6.37. The fourth-order valence-corrected chi connectivity index (χ4v) is 4.58. The van der Waals surface area contributed by atoms with Crippen molar-refractivity contribution >= 4 is 41.0 Å². The SMILES string of the molecule is C[C@H](NC(=O)c1ccc(N)c(Cl)c1)C(=O)N1CCC[C@H]1C(=O)N[C@H]1CC(=O)OC1OCc1ccccc1. The molecule has 196 valence electrons. The first kappa shape index (κ1) is 26.4. The van der Waals surface area contributed by atoms with Crippen LogP contribution in [0.15, 0.2) is 48.5 Å². The molecule has 11 heteroatoms. The van der Waals surface area contributed by atoms with E-state index in [2.05, 4.69) is 10.6 Å². The number of esters is 1. The third-order valence-corrected chi connectivity index (χ3v) is 6.69. The smallest absolute Gasteiger partial charge is 0.310 e. The van der Waals surface area contributed by atoms with E-state index in [4.69, 9.17) is 26.8 Å². The molecule has 0 aromatic heterocycles. The third kappa shape index (κ3) is 6.39. The predicted molar refractivity (Wildman–Crippen MR) is 135 cm³/mol. The number of benzene rings is 2. The van der Waals surface area contributed by atoms with E-state index in [1.165, 1.54) is 23.1 Å². The average molecular weight is 529 g/mol. The summed E-state index contributed by atoms with van der Waals surface area (Å²) >= 11 is 5.99. The highest BCUT2D eigenvalue weighted by Crippen LogP contribution is 2.23. The van der Waals surface area contributed by atoms with Gasteiger partial charge in [-0.2, -0.15) is 0 Å². The molecule has 2 fully saturated rings. The fraction of sp³-hybridized carbons (Fsp3) is 0.385. The summed E-state index contributed by atoms with van der Waals surface area (Å²) < 4.78 is 11.0. The van der Waals surface area contributed by atoms with E-state index < -0.39 is 42.2 Å². The van der Waals surface area contributed by atoms with Crippen LogP contribution < -0.4 is 16.4 Å². The molecule has 2 heterocycles. The Hall–Kier alpha value is -3.63. The van der Waals surface area contributed by atoms with Gasteiger partial charge in [-0.3, -0.25) is 19.2 Å². The maximum Gasteiger partial charge on any atom is 0.310 e. The normalized spacial score (nSPS) is 21.8. The second-order valence-corrected chi connectivity index (χ2v) is 9.50. The number of nitrogens with zero attached hydrogens (tertiary/aromatic N) is 1. The summed E-state index contributed by atoms with van der Waals surface area (Å²) in [6.07, 6.45) is 0.143. The molecule has 4 rings (SSSR count). The van der Waals surface area contributed by atoms with Crippen molar-refractivity contribution in [3.05, 3.63) is 64.7 Å². The van der Waals surface area contributed by atoms with Gasteiger partial charge in [0.1, 0.15) is 18.1 Å². The maximum atomic E-state index is 13.1. The van der Waals surface area contributed by atoms with E-state index in [0.717, 1.165) is 5.56 Å². The number of anilines is 1. The lowest BCUT2D eigenvalue weighted by Crippen LogP contribution is -2.54. The fourth-order valence-electron chi connectivity index (χ4n) is 4.40. The number of halogens is 1. The van der Waals surface area contributed by atoms with Gasteiger partial charge < -0.3 is 30.7 Å². The predicted octanol–water partition coefficient (Wildman–Crippen LogP) is 2.01. The number of likely N-dealkylation sites (tertiary alicyclic amines) is 1. The molecule has 2 aromatic carbocycles. The van der Waals surface area contributed by atoms with Crippen molar-refractivity contribution < 1.29 is 28.7 Å². The first-order chi connectivity index (χ1) is 17.7. The standard InChI is InChI=1S/C26H29ClN4O6/c1-15(29-23(33)17-9-10-19(28)18(27)12-17)25(35)31-11-5-8-21(31)24(34)30-20-13-22(32)37-26(20)36-14-16-6-3-2-4-7-16/h2-4,6-7,9-10,12,15,20-21,26H,5,8,11,13-14,28H2,1H3,(H,29,33)(H,30,34)/t15-,20-,21-,26?/m0/s1. The molecule has 2 aromatic rings. The molecule has 0 saturated carbocycles. The molecule has 3 amide bonds. The molecule has 37 heavy (non-hydrogen) atoms. The molecule has 4 atom stereocenters. The van der Waals surface area contributed by atoms with Crippen LogP contribution in [-0.2, 0) is 30.5 Å². The zero-order valence-corrected chi connectivity index (χ0v) is 21.1. The van der Waals surface area contributed by atoms with Crippen molar-refractivity contribution in [1.29, 1.82) is 0 Å². The van der Waals surface area contributed by atoms with Crippen molar-refractivity contribution in [2.24, 2.45) is 0 Å². The number of nitrogens with two attached hydrogens (primary N) is 1. The number of nitrogen functional groups attached to an aromatic ring is 1. The van der Waals surface area contributed by atoms with E-state index in [-0.39, 0.29) is 29.5 Å². The van der Waals surface area contributed by atoms with E-state index >= 15 is 0 Å². The molecule has 2 aliphatic rings. The Bertz CT molecular complexity index is 1180. The molecule has 10 nitrogen and oxygen atoms in total. The molecule has 0 spiro atoms. The van der Waals surface area contributed by atoms with Crippen LogP contribution in [-0.4, -0.2) is 59.6 Å². The molecule has 0 bridgehead atoms. The lowest BCUT2D eigenvalue weighted by molar-refractivity contribution is -0.168. The van der Waals surface area contributed by atoms with E-state index in [9.17, 15) is 19.2 Å². The first-order valence-electron chi connectivity index (χ1n) is 12.0. The lowest BCUT2D eigenvalue weighted by atomic mass is 10.1. The van der Waals surface area contributed by atoms with Crippen molar-refractivity contribution in [2.45, 2.75) is 57.2 Å². The minimum Gasteiger partial charge on any atom is -0.433 e. The van der Waals surface area contributed by atoms with Crippen LogP contribution in [0.4, 0.5) is 5.69 Å². The summed E-state index contributed by atoms with van der Waals surface area (Å²) in [7, 11) is 0. The number of hydrogen-bond donors (Lipinski definition) is 3. The average Bonchev–Trinajstić information content (AvgIpc) is 3.51. The topological polar surface area (TPSA) is 140 Å². The van der Waals surface area contributed by atoms with Gasteiger partial charge in [0.2, 0.25) is 18.1 Å². The summed E-state index contributed by atoms with van der Waals surface area (Å²) in [4.78, 5) is 52.3. The van der Waals surface area contributed by atoms with E-state index in [0.29, 0.717) is 25.1 Å². The van der Waals surface area contributed by atoms with Crippen LogP contribution in [0.3, 0.4) is 0 Å². The maximum absolute atomic E-state index is 13.1. The highest BCUT2D eigenvalue weighted by atomic mass is 35.5. The zero-order chi connectivity index (χ0) is 26.5. The number of carbonyl (C=O) groups is 4. The zero-order valence-electron chi connectivity index (χ0n) is 20.3. The van der Waals surface area contributed by atoms with Crippen LogP contribution in [0, 0.1) is 0 Å². The molecular formula is C26H29ClN4O6. The van der Waals surface area contributed by atoms with E-state index in [1.807, 2.05) is 30.3 Å². The van der Waals surface area contributed by atoms with E-state index in [1.54, 1.807) is 6.92 Å². The van der Waals surface area contributed by atoms with Crippen LogP contribution in [0.25, 0.3) is 0 Å². The Morgan fingerprint density at radius 1 is 1.22 bits per heavy atom. The largest absolute Gasteiger partial charge is 0.433 e. The second-order valence-electron chi connectivity index (χ2n) is 9.10. The first-order valence-corrected chi connectivity index (χ1v) is 12.4. The van der Waals surface area contributed by atoms with Crippen LogP contribution in [0.2, 0.25) is 5.02 Å². The van der Waals surface area contributed by atoms with Gasteiger partial charge in [-0.25, -0.2) is 0 Å². The molecule has 2 saturated heterocycles. The Balaban J connectivity index is 1.34. The number of rotatable bonds is 8. The number of hydrogen-bond acceptors (Lipinski definition) is 7. The molecule has 2 aliphatic heterocycles. The summed E-state index contributed by atoms with van der Waals surface area (Å²) in [5.74, 6) is -1.74. The van der Waals surface area contributed by atoms with Gasteiger partial charge in [-0.15, -0.1) is 0 Å². The number of nitrogens with one attached hydrogen (secondary N) is 2. The molecule has 1 unspecified atom stereocenters. The van der Waals surface area contributed by atoms with Crippen molar-refractivity contribution in [2.75, 3.05) is 12.3 Å². The summed E-state index contributed by atoms with van der Waals surface area (Å²) in [6, 6.07) is 11.6. The number of carbonyl (C=O) groups excluding carboxylic acids is 4. The van der Waals surface area contributed by atoms with Crippen LogP contribution in [0.5, 0.6) is 0 Å². The minimum absolute atomic E-state index is 0.0253. The Kier molecular flexibility index (Phi) is 8.30. The molecule has 4 N–H and O–H groups in total. The van der Waals surface area contributed by atoms with Crippen molar-refractivity contribution in [1.82, 2.24) is 15.5 Å². The lowest BCUT2D eigenvalue weighted by Gasteiger charge is -2.28. The van der Waals surface area contributed by atoms with Gasteiger partial charge in [0, 0.05) is 12.1 Å². The summed E-state index contributed by atoms with van der Waals surface area (Å²) in [5, 5.41) is 5.71. The number of cyclic esters (lactones) is 1. The number of amides is 3. The van der Waals surface area contributed by atoms with Gasteiger partial charge in [-0.05, 0) is 43.5 Å². The Morgan fingerprint density at radius 2 is 1.97 bits per heavy atom. The van der Waals surface area contributed by atoms with Crippen molar-refractivity contribution in [3.63, 3.8) is 0 Å². The van der Waals surface area contributed by atoms with Gasteiger partial charge in [0.05, 0.1) is 23.7 Å². The highest BCUT2D eigenvalue weighted by molar-refractivity contribution is 6.33. The second kappa shape index (κ2) is 11.6. The van der Waals surface area contributed by atoms with Crippen LogP contribution >= 0.6 is 11.6 Å². The van der Waals surface area contributed by atoms with Gasteiger partial charge >= 0.3 is 5.97 Å². The molecule has 0 aliphatic carbocycles. The van der Waals surface area contributed by atoms with Gasteiger partial charge in [-0.1, -0.05) is 41.9 Å². The highest BCUT2D eigenvalue weighted by Gasteiger charge is 2.41. The van der Waals surface area contributed by atoms with Crippen molar-refractivity contribution in [3.8, 4) is 0 Å². The summed E-state index contributed by atoms with van der Waals surface area (Å²) in [6.45, 7) is 2.15. The van der Waals surface area contributed by atoms with Gasteiger partial charge in [0.15, 0.2) is 0 Å². The summed E-state index contributed by atoms with van der Waals surface area (Å²) in [5.41, 5.74) is 7.20.